The van der Waals surface area contributed by atoms with Crippen LogP contribution in [0.2, 0.25) is 0 Å². The molecule has 0 N–H and O–H groups in total. The van der Waals surface area contributed by atoms with E-state index in [2.05, 4.69) is 10.2 Å². The lowest BCUT2D eigenvalue weighted by atomic mass is 10.2. The molecule has 2 aromatic rings. The van der Waals surface area contributed by atoms with Gasteiger partial charge in [0.2, 0.25) is 0 Å². The zero-order valence-corrected chi connectivity index (χ0v) is 10.1. The maximum absolute atomic E-state index is 12.1. The first-order valence-electron chi connectivity index (χ1n) is 4.95. The van der Waals surface area contributed by atoms with Crippen LogP contribution >= 0.6 is 0 Å². The summed E-state index contributed by atoms with van der Waals surface area (Å²) in [4.78, 5) is 0.866. The average Bonchev–Trinajstić information content (AvgIpc) is 2.65. The van der Waals surface area contributed by atoms with Gasteiger partial charge in [-0.1, -0.05) is 18.2 Å². The molecule has 1 heterocycles. The van der Waals surface area contributed by atoms with Crippen LogP contribution < -0.4 is 0 Å². The fourth-order valence-corrected chi connectivity index (χ4v) is 2.75. The Morgan fingerprint density at radius 3 is 2.75 bits per heavy atom. The number of benzene rings is 1. The second kappa shape index (κ2) is 4.57. The van der Waals surface area contributed by atoms with E-state index in [0.717, 1.165) is 16.3 Å². The Morgan fingerprint density at radius 1 is 1.38 bits per heavy atom. The minimum absolute atomic E-state index is 0.404. The lowest BCUT2D eigenvalue weighted by molar-refractivity contribution is 0.679. The van der Waals surface area contributed by atoms with Gasteiger partial charge in [0.15, 0.2) is 0 Å². The van der Waals surface area contributed by atoms with Crippen molar-refractivity contribution in [3.8, 4) is 0 Å². The molecule has 0 fully saturated rings. The lowest BCUT2D eigenvalue weighted by Gasteiger charge is -2.04. The van der Waals surface area contributed by atoms with E-state index in [9.17, 15) is 4.21 Å². The molecule has 0 aliphatic carbocycles. The summed E-state index contributed by atoms with van der Waals surface area (Å²) in [6.45, 7) is 1.96. The van der Waals surface area contributed by atoms with E-state index in [1.165, 1.54) is 0 Å². The highest BCUT2D eigenvalue weighted by molar-refractivity contribution is 7.84. The quantitative estimate of drug-likeness (QED) is 0.808. The maximum atomic E-state index is 12.1. The van der Waals surface area contributed by atoms with E-state index in [-0.39, 0.29) is 0 Å². The number of rotatable bonds is 3. The van der Waals surface area contributed by atoms with Gasteiger partial charge in [0.25, 0.3) is 0 Å². The summed E-state index contributed by atoms with van der Waals surface area (Å²) in [5.74, 6) is 1.14. The largest absolute Gasteiger partial charge is 0.320 e. The molecule has 16 heavy (non-hydrogen) atoms. The van der Waals surface area contributed by atoms with Gasteiger partial charge in [0.1, 0.15) is 12.2 Å². The van der Waals surface area contributed by atoms with Gasteiger partial charge in [0.05, 0.1) is 16.6 Å². The van der Waals surface area contributed by atoms with E-state index >= 15 is 0 Å². The Kier molecular flexibility index (Phi) is 3.14. The SMILES string of the molecule is Cc1ccccc1S(=O)Cc1nncn1C. The van der Waals surface area contributed by atoms with Gasteiger partial charge >= 0.3 is 0 Å². The van der Waals surface area contributed by atoms with E-state index in [1.807, 2.05) is 38.2 Å². The number of hydrogen-bond acceptors (Lipinski definition) is 3. The lowest BCUT2D eigenvalue weighted by Crippen LogP contribution is -2.04. The Hall–Kier alpha value is -1.49. The Balaban J connectivity index is 2.22. The first-order chi connectivity index (χ1) is 7.68. The normalized spacial score (nSPS) is 12.6. The van der Waals surface area contributed by atoms with Crippen molar-refractivity contribution in [2.75, 3.05) is 0 Å². The molecule has 0 saturated carbocycles. The average molecular weight is 235 g/mol. The molecule has 1 unspecified atom stereocenters. The number of hydrogen-bond donors (Lipinski definition) is 0. The molecule has 1 atom stereocenters. The molecule has 1 aromatic carbocycles. The summed E-state index contributed by atoms with van der Waals surface area (Å²) in [6.07, 6.45) is 1.62. The second-order valence-electron chi connectivity index (χ2n) is 3.61. The molecule has 0 spiro atoms. The topological polar surface area (TPSA) is 47.8 Å². The van der Waals surface area contributed by atoms with E-state index in [0.29, 0.717) is 5.75 Å². The fourth-order valence-electron chi connectivity index (χ4n) is 1.44. The van der Waals surface area contributed by atoms with Gasteiger partial charge in [-0.25, -0.2) is 0 Å². The van der Waals surface area contributed by atoms with Gasteiger partial charge in [0, 0.05) is 11.9 Å². The molecular formula is C11H13N3OS. The van der Waals surface area contributed by atoms with Crippen molar-refractivity contribution in [3.63, 3.8) is 0 Å². The van der Waals surface area contributed by atoms with Crippen LogP contribution in [0.5, 0.6) is 0 Å². The number of aromatic nitrogens is 3. The zero-order valence-electron chi connectivity index (χ0n) is 9.25. The number of aryl methyl sites for hydroxylation is 2. The first-order valence-corrected chi connectivity index (χ1v) is 6.27. The Labute approximate surface area is 96.8 Å². The maximum Gasteiger partial charge on any atom is 0.145 e. The summed E-state index contributed by atoms with van der Waals surface area (Å²) in [5.41, 5.74) is 1.04. The van der Waals surface area contributed by atoms with Crippen LogP contribution in [0, 0.1) is 6.92 Å². The van der Waals surface area contributed by atoms with E-state index < -0.39 is 10.8 Å². The molecule has 4 nitrogen and oxygen atoms in total. The highest BCUT2D eigenvalue weighted by Crippen LogP contribution is 2.14. The minimum atomic E-state index is -1.06. The van der Waals surface area contributed by atoms with Gasteiger partial charge in [-0.15, -0.1) is 10.2 Å². The molecule has 0 saturated heterocycles. The van der Waals surface area contributed by atoms with Crippen molar-refractivity contribution < 1.29 is 4.21 Å². The van der Waals surface area contributed by atoms with Crippen molar-refractivity contribution >= 4 is 10.8 Å². The summed E-state index contributed by atoms with van der Waals surface area (Å²) < 4.78 is 13.9. The van der Waals surface area contributed by atoms with E-state index in [4.69, 9.17) is 0 Å². The molecular weight excluding hydrogens is 222 g/mol. The van der Waals surface area contributed by atoms with Crippen LogP contribution in [-0.4, -0.2) is 19.0 Å². The standard InChI is InChI=1S/C11H13N3OS/c1-9-5-3-4-6-10(9)16(15)7-11-13-12-8-14(11)2/h3-6,8H,7H2,1-2H3. The highest BCUT2D eigenvalue weighted by atomic mass is 32.2. The van der Waals surface area contributed by atoms with Gasteiger partial charge < -0.3 is 4.57 Å². The monoisotopic (exact) mass is 235 g/mol. The smallest absolute Gasteiger partial charge is 0.145 e. The Morgan fingerprint density at radius 2 is 2.12 bits per heavy atom. The van der Waals surface area contributed by atoms with Crippen molar-refractivity contribution in [1.82, 2.24) is 14.8 Å². The van der Waals surface area contributed by atoms with Crippen LogP contribution in [-0.2, 0) is 23.6 Å². The van der Waals surface area contributed by atoms with Crippen LogP contribution in [0.25, 0.3) is 0 Å². The molecule has 1 aromatic heterocycles. The molecule has 0 radical (unpaired) electrons. The second-order valence-corrected chi connectivity index (χ2v) is 5.03. The molecule has 0 amide bonds. The third kappa shape index (κ3) is 2.19. The van der Waals surface area contributed by atoms with Crippen molar-refractivity contribution in [2.24, 2.45) is 7.05 Å². The number of nitrogens with zero attached hydrogens (tertiary/aromatic N) is 3. The zero-order chi connectivity index (χ0) is 11.5. The minimum Gasteiger partial charge on any atom is -0.320 e. The predicted molar refractivity (Wildman–Crippen MR) is 62.3 cm³/mol. The third-order valence-corrected chi connectivity index (χ3v) is 3.87. The molecule has 84 valence electrons. The van der Waals surface area contributed by atoms with Crippen molar-refractivity contribution in [1.29, 1.82) is 0 Å². The summed E-state index contributed by atoms with van der Waals surface area (Å²) >= 11 is 0. The molecule has 0 aliphatic heterocycles. The predicted octanol–water partition coefficient (Wildman–Crippen LogP) is 1.43. The van der Waals surface area contributed by atoms with Gasteiger partial charge in [-0.2, -0.15) is 0 Å². The van der Waals surface area contributed by atoms with Crippen molar-refractivity contribution in [2.45, 2.75) is 17.6 Å². The molecule has 0 aliphatic rings. The summed E-state index contributed by atoms with van der Waals surface area (Å²) in [6, 6.07) is 7.70. The van der Waals surface area contributed by atoms with Gasteiger partial charge in [-0.3, -0.25) is 4.21 Å². The summed E-state index contributed by atoms with van der Waals surface area (Å²) in [7, 11) is 0.794. The third-order valence-electron chi connectivity index (χ3n) is 2.40. The van der Waals surface area contributed by atoms with Crippen LogP contribution in [0.3, 0.4) is 0 Å². The van der Waals surface area contributed by atoms with E-state index in [1.54, 1.807) is 10.9 Å². The first kappa shape index (κ1) is 11.0. The van der Waals surface area contributed by atoms with Crippen LogP contribution in [0.15, 0.2) is 35.5 Å². The fraction of sp³-hybridized carbons (Fsp3) is 0.273. The van der Waals surface area contributed by atoms with Crippen LogP contribution in [0.4, 0.5) is 0 Å². The molecule has 5 heteroatoms. The van der Waals surface area contributed by atoms with Crippen molar-refractivity contribution in [3.05, 3.63) is 42.0 Å². The molecule has 0 bridgehead atoms. The van der Waals surface area contributed by atoms with Crippen LogP contribution in [0.1, 0.15) is 11.4 Å². The Bertz CT molecular complexity index is 521. The van der Waals surface area contributed by atoms with Gasteiger partial charge in [-0.05, 0) is 18.6 Å². The highest BCUT2D eigenvalue weighted by Gasteiger charge is 2.10. The summed E-state index contributed by atoms with van der Waals surface area (Å²) in [5, 5.41) is 7.70. The molecule has 2 rings (SSSR count).